The van der Waals surface area contributed by atoms with E-state index < -0.39 is 12.0 Å². The van der Waals surface area contributed by atoms with Gasteiger partial charge >= 0.3 is 5.97 Å². The van der Waals surface area contributed by atoms with Crippen LogP contribution in [0.1, 0.15) is 24.1 Å². The second kappa shape index (κ2) is 8.76. The lowest BCUT2D eigenvalue weighted by atomic mass is 9.96. The standard InChI is InChI=1S/C24H22ClN3O3S/c1-14-20(23(30)31-4)21(17-7-5-6-8-18(17)25)28-22(29)19(32-24(28)26-14)13-15-9-11-16(12-10-15)27(2)3/h5-13,21H,1-4H3/b19-13+/t21-/m0/s1. The molecule has 1 atom stereocenters. The van der Waals surface area contributed by atoms with Gasteiger partial charge in [-0.05, 0) is 42.3 Å². The third-order valence-electron chi connectivity index (χ3n) is 5.33. The zero-order valence-electron chi connectivity index (χ0n) is 18.1. The van der Waals surface area contributed by atoms with Crippen molar-refractivity contribution in [2.45, 2.75) is 13.0 Å². The second-order valence-corrected chi connectivity index (χ2v) is 9.00. The van der Waals surface area contributed by atoms with Crippen LogP contribution in [0.3, 0.4) is 0 Å². The number of thiazole rings is 1. The molecule has 0 aliphatic carbocycles. The van der Waals surface area contributed by atoms with Crippen molar-refractivity contribution in [3.8, 4) is 0 Å². The maximum absolute atomic E-state index is 13.5. The fourth-order valence-electron chi connectivity index (χ4n) is 3.70. The number of benzene rings is 2. The highest BCUT2D eigenvalue weighted by Gasteiger charge is 2.34. The first kappa shape index (κ1) is 22.0. The summed E-state index contributed by atoms with van der Waals surface area (Å²) in [6.45, 7) is 1.74. The molecule has 8 heteroatoms. The van der Waals surface area contributed by atoms with Gasteiger partial charge in [-0.25, -0.2) is 9.79 Å². The van der Waals surface area contributed by atoms with Crippen LogP contribution in [0, 0.1) is 0 Å². The summed E-state index contributed by atoms with van der Waals surface area (Å²) in [4.78, 5) is 33.3. The zero-order valence-corrected chi connectivity index (χ0v) is 19.7. The van der Waals surface area contributed by atoms with E-state index in [0.717, 1.165) is 11.3 Å². The predicted octanol–water partition coefficient (Wildman–Crippen LogP) is 3.13. The monoisotopic (exact) mass is 467 g/mol. The Morgan fingerprint density at radius 2 is 1.88 bits per heavy atom. The molecule has 1 aliphatic heterocycles. The van der Waals surface area contributed by atoms with Gasteiger partial charge in [0, 0.05) is 24.8 Å². The molecule has 0 saturated heterocycles. The number of halogens is 1. The van der Waals surface area contributed by atoms with Gasteiger partial charge in [-0.1, -0.05) is 53.3 Å². The lowest BCUT2D eigenvalue weighted by Crippen LogP contribution is -2.39. The summed E-state index contributed by atoms with van der Waals surface area (Å²) in [5.74, 6) is -0.537. The van der Waals surface area contributed by atoms with E-state index in [4.69, 9.17) is 16.3 Å². The van der Waals surface area contributed by atoms with Crippen molar-refractivity contribution in [2.75, 3.05) is 26.1 Å². The summed E-state index contributed by atoms with van der Waals surface area (Å²) in [7, 11) is 5.26. The van der Waals surface area contributed by atoms with Crippen molar-refractivity contribution >= 4 is 40.7 Å². The van der Waals surface area contributed by atoms with E-state index in [0.29, 0.717) is 31.2 Å². The molecule has 0 unspecified atom stereocenters. The number of carbonyl (C=O) groups excluding carboxylic acids is 1. The molecule has 4 rings (SSSR count). The molecular formula is C24H22ClN3O3S. The zero-order chi connectivity index (χ0) is 23.0. The van der Waals surface area contributed by atoms with Gasteiger partial charge in [0.2, 0.25) is 0 Å². The number of anilines is 1. The quantitative estimate of drug-likeness (QED) is 0.553. The number of methoxy groups -OCH3 is 1. The summed E-state index contributed by atoms with van der Waals surface area (Å²) < 4.78 is 7.07. The Labute approximate surface area is 194 Å². The normalized spacial score (nSPS) is 15.9. The number of carbonyl (C=O) groups is 1. The number of nitrogens with zero attached hydrogens (tertiary/aromatic N) is 3. The van der Waals surface area contributed by atoms with E-state index in [-0.39, 0.29) is 5.56 Å². The fraction of sp³-hybridized carbons (Fsp3) is 0.208. The predicted molar refractivity (Wildman–Crippen MR) is 128 cm³/mol. The van der Waals surface area contributed by atoms with Crippen molar-refractivity contribution in [2.24, 2.45) is 4.99 Å². The Morgan fingerprint density at radius 1 is 1.19 bits per heavy atom. The SMILES string of the molecule is COC(=O)C1=C(C)N=c2s/c(=C/c3ccc(N(C)C)cc3)c(=O)n2[C@H]1c1ccccc1Cl. The maximum atomic E-state index is 13.5. The third-order valence-corrected chi connectivity index (χ3v) is 6.66. The summed E-state index contributed by atoms with van der Waals surface area (Å²) in [6, 6.07) is 14.4. The number of hydrogen-bond acceptors (Lipinski definition) is 6. The largest absolute Gasteiger partial charge is 0.466 e. The van der Waals surface area contributed by atoms with E-state index >= 15 is 0 Å². The van der Waals surface area contributed by atoms with Crippen molar-refractivity contribution < 1.29 is 9.53 Å². The highest BCUT2D eigenvalue weighted by atomic mass is 35.5. The molecule has 3 aromatic rings. The van der Waals surface area contributed by atoms with E-state index in [1.807, 2.05) is 61.5 Å². The number of rotatable bonds is 4. The van der Waals surface area contributed by atoms with Gasteiger partial charge in [0.1, 0.15) is 6.04 Å². The first-order chi connectivity index (χ1) is 15.3. The maximum Gasteiger partial charge on any atom is 0.338 e. The number of aromatic nitrogens is 1. The minimum Gasteiger partial charge on any atom is -0.466 e. The summed E-state index contributed by atoms with van der Waals surface area (Å²) in [5, 5.41) is 0.461. The summed E-state index contributed by atoms with van der Waals surface area (Å²) in [6.07, 6.45) is 1.84. The lowest BCUT2D eigenvalue weighted by Gasteiger charge is -2.25. The molecule has 0 radical (unpaired) electrons. The summed E-state index contributed by atoms with van der Waals surface area (Å²) in [5.41, 5.74) is 3.19. The smallest absolute Gasteiger partial charge is 0.338 e. The Kier molecular flexibility index (Phi) is 6.04. The Morgan fingerprint density at radius 3 is 2.50 bits per heavy atom. The van der Waals surface area contributed by atoms with Gasteiger partial charge in [0.15, 0.2) is 4.80 Å². The lowest BCUT2D eigenvalue weighted by molar-refractivity contribution is -0.136. The summed E-state index contributed by atoms with van der Waals surface area (Å²) >= 11 is 7.77. The van der Waals surface area contributed by atoms with Crippen molar-refractivity contribution in [3.05, 3.63) is 95.6 Å². The molecule has 2 heterocycles. The van der Waals surface area contributed by atoms with Crippen LogP contribution in [-0.4, -0.2) is 31.7 Å². The van der Waals surface area contributed by atoms with Crippen molar-refractivity contribution in [3.63, 3.8) is 0 Å². The van der Waals surface area contributed by atoms with Gasteiger partial charge in [-0.3, -0.25) is 9.36 Å². The number of allylic oxidation sites excluding steroid dienone is 1. The molecule has 0 amide bonds. The van der Waals surface area contributed by atoms with Crippen molar-refractivity contribution in [1.29, 1.82) is 0 Å². The van der Waals surface area contributed by atoms with Crippen LogP contribution in [0.5, 0.6) is 0 Å². The molecule has 0 saturated carbocycles. The minimum absolute atomic E-state index is 0.232. The van der Waals surface area contributed by atoms with Gasteiger partial charge in [-0.2, -0.15) is 0 Å². The number of fused-ring (bicyclic) bond motifs is 1. The first-order valence-electron chi connectivity index (χ1n) is 9.94. The number of hydrogen-bond donors (Lipinski definition) is 0. The molecule has 0 bridgehead atoms. The first-order valence-corrected chi connectivity index (χ1v) is 11.1. The van der Waals surface area contributed by atoms with E-state index in [1.165, 1.54) is 23.0 Å². The second-order valence-electron chi connectivity index (χ2n) is 7.58. The fourth-order valence-corrected chi connectivity index (χ4v) is 4.99. The number of esters is 1. The molecule has 6 nitrogen and oxygen atoms in total. The van der Waals surface area contributed by atoms with Crippen LogP contribution < -0.4 is 19.8 Å². The van der Waals surface area contributed by atoms with Crippen LogP contribution in [0.2, 0.25) is 5.02 Å². The van der Waals surface area contributed by atoms with Crippen molar-refractivity contribution in [1.82, 2.24) is 4.57 Å². The molecule has 32 heavy (non-hydrogen) atoms. The van der Waals surface area contributed by atoms with Crippen LogP contribution in [0.4, 0.5) is 5.69 Å². The van der Waals surface area contributed by atoms with E-state index in [1.54, 1.807) is 19.1 Å². The average molecular weight is 468 g/mol. The minimum atomic E-state index is -0.717. The Bertz CT molecular complexity index is 1400. The molecule has 164 valence electrons. The highest BCUT2D eigenvalue weighted by molar-refractivity contribution is 7.07. The molecule has 2 aromatic carbocycles. The Hall–Kier alpha value is -3.16. The van der Waals surface area contributed by atoms with E-state index in [2.05, 4.69) is 4.99 Å². The van der Waals surface area contributed by atoms with Crippen LogP contribution in [-0.2, 0) is 9.53 Å². The Balaban J connectivity index is 1.93. The van der Waals surface area contributed by atoms with Gasteiger partial charge in [-0.15, -0.1) is 0 Å². The van der Waals surface area contributed by atoms with Crippen LogP contribution in [0.25, 0.3) is 6.08 Å². The number of ether oxygens (including phenoxy) is 1. The molecule has 1 aromatic heterocycles. The third kappa shape index (κ3) is 3.89. The molecule has 0 fully saturated rings. The van der Waals surface area contributed by atoms with E-state index in [9.17, 15) is 9.59 Å². The van der Waals surface area contributed by atoms with Gasteiger partial charge in [0.25, 0.3) is 5.56 Å². The van der Waals surface area contributed by atoms with Gasteiger partial charge < -0.3 is 9.64 Å². The van der Waals surface area contributed by atoms with Crippen LogP contribution in [0.15, 0.2) is 69.6 Å². The highest BCUT2D eigenvalue weighted by Crippen LogP contribution is 2.34. The van der Waals surface area contributed by atoms with Gasteiger partial charge in [0.05, 0.1) is 22.9 Å². The van der Waals surface area contributed by atoms with Crippen LogP contribution >= 0.6 is 22.9 Å². The molecular weight excluding hydrogens is 446 g/mol. The topological polar surface area (TPSA) is 63.9 Å². The molecule has 1 aliphatic rings. The molecule has 0 N–H and O–H groups in total. The molecule has 0 spiro atoms. The average Bonchev–Trinajstić information content (AvgIpc) is 3.07.